The van der Waals surface area contributed by atoms with Gasteiger partial charge < -0.3 is 14.8 Å². The number of benzene rings is 3. The van der Waals surface area contributed by atoms with E-state index in [0.29, 0.717) is 11.4 Å². The van der Waals surface area contributed by atoms with E-state index >= 15 is 0 Å². The Bertz CT molecular complexity index is 1120. The third kappa shape index (κ3) is 4.10. The van der Waals surface area contributed by atoms with Gasteiger partial charge in [-0.05, 0) is 41.8 Å². The van der Waals surface area contributed by atoms with E-state index in [1.54, 1.807) is 23.1 Å². The highest BCUT2D eigenvalue weighted by atomic mass is 32.2. The number of carbonyl (C=O) groups excluding carboxylic acids is 2. The molecule has 0 spiro atoms. The SMILES string of the molecule is Cc1cccc(CN2C(=O)C(=Cc3ccc(C(=O)[O-])cc3)Sc3ccccc32)c1. The Balaban J connectivity index is 1.70. The number of carbonyl (C=O) groups is 2. The van der Waals surface area contributed by atoms with Crippen molar-refractivity contribution in [2.45, 2.75) is 18.4 Å². The van der Waals surface area contributed by atoms with Gasteiger partial charge >= 0.3 is 0 Å². The van der Waals surface area contributed by atoms with Gasteiger partial charge in [0.2, 0.25) is 0 Å². The Morgan fingerprint density at radius 3 is 2.52 bits per heavy atom. The number of para-hydroxylation sites is 1. The molecule has 4 nitrogen and oxygen atoms in total. The molecular weight excluding hydrogens is 382 g/mol. The summed E-state index contributed by atoms with van der Waals surface area (Å²) in [5, 5.41) is 10.9. The number of carboxylic acids is 1. The number of thioether (sulfide) groups is 1. The normalized spacial score (nSPS) is 14.7. The van der Waals surface area contributed by atoms with E-state index in [-0.39, 0.29) is 11.5 Å². The fourth-order valence-corrected chi connectivity index (χ4v) is 4.34. The molecule has 0 unspecified atom stereocenters. The lowest BCUT2D eigenvalue weighted by molar-refractivity contribution is -0.255. The zero-order chi connectivity index (χ0) is 20.4. The second-order valence-electron chi connectivity index (χ2n) is 6.87. The van der Waals surface area contributed by atoms with Crippen LogP contribution in [-0.4, -0.2) is 11.9 Å². The number of hydrogen-bond donors (Lipinski definition) is 0. The van der Waals surface area contributed by atoms with Crippen molar-refractivity contribution in [1.29, 1.82) is 0 Å². The summed E-state index contributed by atoms with van der Waals surface area (Å²) in [6.07, 6.45) is 1.80. The third-order valence-electron chi connectivity index (χ3n) is 4.70. The van der Waals surface area contributed by atoms with Crippen LogP contribution in [0.1, 0.15) is 27.0 Å². The van der Waals surface area contributed by atoms with Crippen molar-refractivity contribution in [2.24, 2.45) is 0 Å². The number of aromatic carboxylic acids is 1. The smallest absolute Gasteiger partial charge is 0.265 e. The van der Waals surface area contributed by atoms with Gasteiger partial charge in [0, 0.05) is 4.90 Å². The fourth-order valence-electron chi connectivity index (χ4n) is 3.28. The van der Waals surface area contributed by atoms with E-state index in [9.17, 15) is 14.7 Å². The number of hydrogen-bond acceptors (Lipinski definition) is 4. The molecule has 0 N–H and O–H groups in total. The summed E-state index contributed by atoms with van der Waals surface area (Å²) in [5.74, 6) is -1.29. The first-order valence-corrected chi connectivity index (χ1v) is 10.0. The number of fused-ring (bicyclic) bond motifs is 1. The molecule has 3 aromatic rings. The maximum absolute atomic E-state index is 13.3. The minimum atomic E-state index is -1.22. The molecule has 1 heterocycles. The standard InChI is InChI=1S/C24H19NO3S/c1-16-5-4-6-18(13-16)15-25-20-7-2-3-8-21(20)29-22(23(25)26)14-17-9-11-19(12-10-17)24(27)28/h2-14H,15H2,1H3,(H,27,28)/p-1. The second-order valence-corrected chi connectivity index (χ2v) is 7.95. The average Bonchev–Trinajstić information content (AvgIpc) is 2.71. The lowest BCUT2D eigenvalue weighted by atomic mass is 10.1. The molecule has 4 rings (SSSR count). The van der Waals surface area contributed by atoms with E-state index in [2.05, 4.69) is 6.07 Å². The van der Waals surface area contributed by atoms with Crippen molar-refractivity contribution in [2.75, 3.05) is 4.90 Å². The summed E-state index contributed by atoms with van der Waals surface area (Å²) in [7, 11) is 0. The van der Waals surface area contributed by atoms with E-state index in [4.69, 9.17) is 0 Å². The molecule has 29 heavy (non-hydrogen) atoms. The molecule has 1 aliphatic rings. The van der Waals surface area contributed by atoms with Crippen LogP contribution >= 0.6 is 11.8 Å². The summed E-state index contributed by atoms with van der Waals surface area (Å²) < 4.78 is 0. The van der Waals surface area contributed by atoms with Crippen LogP contribution < -0.4 is 10.0 Å². The molecule has 0 fully saturated rings. The van der Waals surface area contributed by atoms with Crippen LogP contribution in [0.4, 0.5) is 5.69 Å². The molecule has 0 aromatic heterocycles. The van der Waals surface area contributed by atoms with Crippen molar-refractivity contribution in [3.63, 3.8) is 0 Å². The number of amides is 1. The number of anilines is 1. The molecule has 5 heteroatoms. The predicted octanol–water partition coefficient (Wildman–Crippen LogP) is 4.04. The van der Waals surface area contributed by atoms with Gasteiger partial charge in [-0.15, -0.1) is 0 Å². The van der Waals surface area contributed by atoms with Crippen LogP contribution in [0.25, 0.3) is 6.08 Å². The first kappa shape index (κ1) is 19.0. The highest BCUT2D eigenvalue weighted by molar-refractivity contribution is 8.04. The Hall–Kier alpha value is -3.31. The molecule has 0 atom stereocenters. The minimum absolute atomic E-state index is 0.0702. The first-order valence-electron chi connectivity index (χ1n) is 9.19. The Morgan fingerprint density at radius 1 is 1.03 bits per heavy atom. The van der Waals surface area contributed by atoms with Gasteiger partial charge in [0.25, 0.3) is 5.91 Å². The van der Waals surface area contributed by atoms with Gasteiger partial charge in [-0.25, -0.2) is 0 Å². The zero-order valence-electron chi connectivity index (χ0n) is 15.8. The van der Waals surface area contributed by atoms with Gasteiger partial charge in [-0.1, -0.05) is 78.0 Å². The van der Waals surface area contributed by atoms with E-state index in [1.165, 1.54) is 23.9 Å². The maximum atomic E-state index is 13.3. The van der Waals surface area contributed by atoms with Crippen molar-refractivity contribution in [1.82, 2.24) is 0 Å². The summed E-state index contributed by atoms with van der Waals surface area (Å²) in [6, 6.07) is 22.3. The largest absolute Gasteiger partial charge is 0.545 e. The molecule has 0 radical (unpaired) electrons. The van der Waals surface area contributed by atoms with Gasteiger partial charge in [0.05, 0.1) is 23.1 Å². The van der Waals surface area contributed by atoms with E-state index < -0.39 is 5.97 Å². The second kappa shape index (κ2) is 7.97. The van der Waals surface area contributed by atoms with E-state index in [0.717, 1.165) is 27.3 Å². The van der Waals surface area contributed by atoms with Crippen LogP contribution in [0.3, 0.4) is 0 Å². The van der Waals surface area contributed by atoms with Crippen LogP contribution in [0, 0.1) is 6.92 Å². The molecule has 1 aliphatic heterocycles. The summed E-state index contributed by atoms with van der Waals surface area (Å²) in [5.41, 5.74) is 3.99. The highest BCUT2D eigenvalue weighted by Crippen LogP contribution is 2.42. The van der Waals surface area contributed by atoms with Crippen molar-refractivity contribution in [3.8, 4) is 0 Å². The van der Waals surface area contributed by atoms with Gasteiger partial charge in [0.15, 0.2) is 0 Å². The Morgan fingerprint density at radius 2 is 1.79 bits per heavy atom. The Labute approximate surface area is 173 Å². The lowest BCUT2D eigenvalue weighted by Crippen LogP contribution is -2.33. The molecule has 1 amide bonds. The molecule has 3 aromatic carbocycles. The average molecular weight is 400 g/mol. The minimum Gasteiger partial charge on any atom is -0.545 e. The molecule has 0 aliphatic carbocycles. The van der Waals surface area contributed by atoms with Gasteiger partial charge in [-0.2, -0.15) is 0 Å². The van der Waals surface area contributed by atoms with Crippen LogP contribution in [0.15, 0.2) is 82.6 Å². The number of carboxylic acid groups (broad SMARTS) is 1. The van der Waals surface area contributed by atoms with Gasteiger partial charge in [0.1, 0.15) is 0 Å². The quantitative estimate of drug-likeness (QED) is 0.620. The molecule has 0 bridgehead atoms. The van der Waals surface area contributed by atoms with Crippen molar-refractivity contribution in [3.05, 3.63) is 100.0 Å². The maximum Gasteiger partial charge on any atom is 0.265 e. The van der Waals surface area contributed by atoms with Crippen LogP contribution in [0.5, 0.6) is 0 Å². The summed E-state index contributed by atoms with van der Waals surface area (Å²) in [6.45, 7) is 2.52. The first-order chi connectivity index (χ1) is 14.0. The topological polar surface area (TPSA) is 60.4 Å². The zero-order valence-corrected chi connectivity index (χ0v) is 16.6. The molecular formula is C24H18NO3S-. The Kier molecular flexibility index (Phi) is 5.23. The fraction of sp³-hybridized carbons (Fsp3) is 0.0833. The summed E-state index contributed by atoms with van der Waals surface area (Å²) >= 11 is 1.43. The number of aryl methyl sites for hydroxylation is 1. The van der Waals surface area contributed by atoms with Crippen LogP contribution in [0.2, 0.25) is 0 Å². The molecule has 144 valence electrons. The lowest BCUT2D eigenvalue weighted by Gasteiger charge is -2.30. The monoisotopic (exact) mass is 400 g/mol. The van der Waals surface area contributed by atoms with E-state index in [1.807, 2.05) is 49.4 Å². The predicted molar refractivity (Wildman–Crippen MR) is 113 cm³/mol. The summed E-state index contributed by atoms with van der Waals surface area (Å²) in [4.78, 5) is 27.6. The van der Waals surface area contributed by atoms with Crippen molar-refractivity contribution < 1.29 is 14.7 Å². The molecule has 0 saturated carbocycles. The van der Waals surface area contributed by atoms with Gasteiger partial charge in [-0.3, -0.25) is 4.79 Å². The number of rotatable bonds is 4. The molecule has 0 saturated heterocycles. The number of nitrogens with zero attached hydrogens (tertiary/aromatic N) is 1. The highest BCUT2D eigenvalue weighted by Gasteiger charge is 2.29. The van der Waals surface area contributed by atoms with Crippen LogP contribution in [-0.2, 0) is 11.3 Å². The van der Waals surface area contributed by atoms with Crippen molar-refractivity contribution >= 4 is 35.4 Å². The third-order valence-corrected chi connectivity index (χ3v) is 5.78.